The third-order valence-electron chi connectivity index (χ3n) is 4.01. The molecule has 1 aliphatic rings. The van der Waals surface area contributed by atoms with Crippen LogP contribution in [-0.2, 0) is 10.6 Å². The molecule has 122 valence electrons. The fourth-order valence-corrected chi connectivity index (χ4v) is 2.87. The highest BCUT2D eigenvalue weighted by Crippen LogP contribution is 2.33. The van der Waals surface area contributed by atoms with Crippen LogP contribution in [0.3, 0.4) is 0 Å². The smallest absolute Gasteiger partial charge is 0.294 e. The van der Waals surface area contributed by atoms with Gasteiger partial charge in [-0.1, -0.05) is 28.1 Å². The van der Waals surface area contributed by atoms with Crippen LogP contribution in [0.25, 0.3) is 0 Å². The SMILES string of the molecule is NC1CCC(C(=O)NC(F)(c2ccc(Br)cc2)C(F)F)CC1. The zero-order valence-corrected chi connectivity index (χ0v) is 13.5. The van der Waals surface area contributed by atoms with E-state index in [4.69, 9.17) is 5.73 Å². The Bertz CT molecular complexity index is 518. The molecule has 1 atom stereocenters. The minimum atomic E-state index is -3.36. The Morgan fingerprint density at radius 3 is 2.27 bits per heavy atom. The van der Waals surface area contributed by atoms with Gasteiger partial charge in [-0.15, -0.1) is 0 Å². The maximum Gasteiger partial charge on any atom is 0.294 e. The zero-order valence-electron chi connectivity index (χ0n) is 11.9. The third kappa shape index (κ3) is 3.81. The second kappa shape index (κ2) is 7.00. The summed E-state index contributed by atoms with van der Waals surface area (Å²) < 4.78 is 41.9. The van der Waals surface area contributed by atoms with Gasteiger partial charge in [0.2, 0.25) is 5.91 Å². The van der Waals surface area contributed by atoms with Crippen molar-refractivity contribution in [2.75, 3.05) is 0 Å². The zero-order chi connectivity index (χ0) is 16.3. The summed E-state index contributed by atoms with van der Waals surface area (Å²) in [5.74, 6) is -4.33. The molecule has 7 heteroatoms. The van der Waals surface area contributed by atoms with Gasteiger partial charge in [-0.25, -0.2) is 13.2 Å². The van der Waals surface area contributed by atoms with E-state index >= 15 is 0 Å². The first-order valence-corrected chi connectivity index (χ1v) is 7.93. The molecule has 3 nitrogen and oxygen atoms in total. The molecule has 1 amide bonds. The summed E-state index contributed by atoms with van der Waals surface area (Å²) in [5.41, 5.74) is 5.48. The van der Waals surface area contributed by atoms with E-state index in [1.807, 2.05) is 5.32 Å². The molecular formula is C15H18BrF3N2O. The average Bonchev–Trinajstić information content (AvgIpc) is 2.48. The van der Waals surface area contributed by atoms with Crippen LogP contribution in [0.5, 0.6) is 0 Å². The lowest BCUT2D eigenvalue weighted by Crippen LogP contribution is -2.50. The number of hydrogen-bond donors (Lipinski definition) is 2. The van der Waals surface area contributed by atoms with Crippen LogP contribution in [0.4, 0.5) is 13.2 Å². The summed E-state index contributed by atoms with van der Waals surface area (Å²) in [5, 5.41) is 1.90. The van der Waals surface area contributed by atoms with Gasteiger partial charge in [0.25, 0.3) is 12.2 Å². The number of nitrogens with one attached hydrogen (secondary N) is 1. The maximum absolute atomic E-state index is 14.7. The molecule has 0 aromatic heterocycles. The highest BCUT2D eigenvalue weighted by atomic mass is 79.9. The van der Waals surface area contributed by atoms with Crippen molar-refractivity contribution in [3.63, 3.8) is 0 Å². The van der Waals surface area contributed by atoms with Gasteiger partial charge in [0.1, 0.15) is 0 Å². The molecule has 1 aromatic carbocycles. The minimum Gasteiger partial charge on any atom is -0.328 e. The highest BCUT2D eigenvalue weighted by molar-refractivity contribution is 9.10. The van der Waals surface area contributed by atoms with Gasteiger partial charge in [-0.05, 0) is 37.8 Å². The van der Waals surface area contributed by atoms with Crippen molar-refractivity contribution >= 4 is 21.8 Å². The van der Waals surface area contributed by atoms with E-state index in [9.17, 15) is 18.0 Å². The predicted molar refractivity (Wildman–Crippen MR) is 81.0 cm³/mol. The molecule has 0 saturated heterocycles. The summed E-state index contributed by atoms with van der Waals surface area (Å²) in [6.45, 7) is 0. The van der Waals surface area contributed by atoms with E-state index in [2.05, 4.69) is 15.9 Å². The quantitative estimate of drug-likeness (QED) is 0.788. The number of carbonyl (C=O) groups excluding carboxylic acids is 1. The van der Waals surface area contributed by atoms with Gasteiger partial charge >= 0.3 is 0 Å². The van der Waals surface area contributed by atoms with Crippen molar-refractivity contribution in [3.8, 4) is 0 Å². The lowest BCUT2D eigenvalue weighted by atomic mass is 9.85. The van der Waals surface area contributed by atoms with Gasteiger partial charge in [-0.2, -0.15) is 0 Å². The number of halogens is 4. The van der Waals surface area contributed by atoms with Crippen molar-refractivity contribution in [2.45, 2.75) is 43.9 Å². The number of amides is 1. The van der Waals surface area contributed by atoms with E-state index < -0.39 is 24.0 Å². The molecule has 22 heavy (non-hydrogen) atoms. The molecule has 1 aliphatic carbocycles. The van der Waals surface area contributed by atoms with E-state index in [0.29, 0.717) is 30.2 Å². The van der Waals surface area contributed by atoms with Gasteiger partial charge in [0.05, 0.1) is 0 Å². The molecule has 0 radical (unpaired) electrons. The lowest BCUT2D eigenvalue weighted by molar-refractivity contribution is -0.138. The molecule has 2 rings (SSSR count). The van der Waals surface area contributed by atoms with Crippen LogP contribution in [0.2, 0.25) is 0 Å². The highest BCUT2D eigenvalue weighted by Gasteiger charge is 2.45. The second-order valence-electron chi connectivity index (χ2n) is 5.62. The molecule has 1 fully saturated rings. The van der Waals surface area contributed by atoms with Crippen molar-refractivity contribution in [3.05, 3.63) is 34.3 Å². The minimum absolute atomic E-state index is 0.0285. The Hall–Kier alpha value is -1.08. The Kier molecular flexibility index (Phi) is 5.50. The molecule has 1 unspecified atom stereocenters. The molecule has 1 saturated carbocycles. The van der Waals surface area contributed by atoms with E-state index in [1.165, 1.54) is 24.3 Å². The van der Waals surface area contributed by atoms with Gasteiger partial charge in [0.15, 0.2) is 0 Å². The monoisotopic (exact) mass is 378 g/mol. The van der Waals surface area contributed by atoms with Crippen LogP contribution in [0.1, 0.15) is 31.2 Å². The summed E-state index contributed by atoms with van der Waals surface area (Å²) >= 11 is 3.16. The van der Waals surface area contributed by atoms with Crippen molar-refractivity contribution in [1.82, 2.24) is 5.32 Å². The normalized spacial score (nSPS) is 24.8. The van der Waals surface area contributed by atoms with Gasteiger partial charge in [-0.3, -0.25) is 4.79 Å². The maximum atomic E-state index is 14.7. The summed E-state index contributed by atoms with van der Waals surface area (Å²) in [4.78, 5) is 12.1. The van der Waals surface area contributed by atoms with Crippen LogP contribution >= 0.6 is 15.9 Å². The molecular weight excluding hydrogens is 361 g/mol. The molecule has 3 N–H and O–H groups in total. The summed E-state index contributed by atoms with van der Waals surface area (Å²) in [6.07, 6.45) is -1.09. The standard InChI is InChI=1S/C15H18BrF3N2O/c16-11-5-3-10(4-6-11)15(19,14(17)18)21-13(22)9-1-7-12(20)8-2-9/h3-6,9,12,14H,1-2,7-8,20H2,(H,21,22). The number of carbonyl (C=O) groups is 1. The van der Waals surface area contributed by atoms with Gasteiger partial charge < -0.3 is 11.1 Å². The molecule has 0 aliphatic heterocycles. The van der Waals surface area contributed by atoms with Gasteiger partial charge in [0, 0.05) is 22.0 Å². The fraction of sp³-hybridized carbons (Fsp3) is 0.533. The molecule has 1 aromatic rings. The Morgan fingerprint density at radius 1 is 1.23 bits per heavy atom. The van der Waals surface area contributed by atoms with Crippen LogP contribution in [-0.4, -0.2) is 18.4 Å². The molecule has 0 bridgehead atoms. The first-order chi connectivity index (χ1) is 10.3. The predicted octanol–water partition coefficient (Wildman–Crippen LogP) is 3.47. The van der Waals surface area contributed by atoms with E-state index in [0.717, 1.165) is 0 Å². The molecule has 0 spiro atoms. The Morgan fingerprint density at radius 2 is 1.77 bits per heavy atom. The number of rotatable bonds is 4. The first-order valence-electron chi connectivity index (χ1n) is 7.13. The first kappa shape index (κ1) is 17.3. The average molecular weight is 379 g/mol. The summed E-state index contributed by atoms with van der Waals surface area (Å²) in [7, 11) is 0. The Labute approximate surface area is 135 Å². The largest absolute Gasteiger partial charge is 0.328 e. The third-order valence-corrected chi connectivity index (χ3v) is 4.54. The fourth-order valence-electron chi connectivity index (χ4n) is 2.61. The van der Waals surface area contributed by atoms with Crippen molar-refractivity contribution in [2.24, 2.45) is 11.7 Å². The van der Waals surface area contributed by atoms with Crippen LogP contribution < -0.4 is 11.1 Å². The Balaban J connectivity index is 2.14. The molecule has 0 heterocycles. The van der Waals surface area contributed by atoms with Crippen LogP contribution in [0.15, 0.2) is 28.7 Å². The van der Waals surface area contributed by atoms with E-state index in [-0.39, 0.29) is 11.6 Å². The topological polar surface area (TPSA) is 55.1 Å². The van der Waals surface area contributed by atoms with Crippen molar-refractivity contribution < 1.29 is 18.0 Å². The number of alkyl halides is 3. The van der Waals surface area contributed by atoms with Crippen molar-refractivity contribution in [1.29, 1.82) is 0 Å². The summed E-state index contributed by atoms with van der Waals surface area (Å²) in [6, 6.07) is 5.40. The number of nitrogens with two attached hydrogens (primary N) is 1. The second-order valence-corrected chi connectivity index (χ2v) is 6.54. The number of benzene rings is 1. The van der Waals surface area contributed by atoms with Crippen LogP contribution in [0, 0.1) is 5.92 Å². The number of hydrogen-bond acceptors (Lipinski definition) is 2. The van der Waals surface area contributed by atoms with E-state index in [1.54, 1.807) is 0 Å². The lowest BCUT2D eigenvalue weighted by Gasteiger charge is -2.30.